The maximum atomic E-state index is 11.0. The molecule has 2 heterocycles. The molecule has 21 heavy (non-hydrogen) atoms. The number of pyridine rings is 1. The number of carboxylic acid groups (broad SMARTS) is 1. The van der Waals surface area contributed by atoms with Crippen LogP contribution in [0.25, 0.3) is 22.6 Å². The molecular weight excluding hydrogens is 268 g/mol. The fourth-order valence-electron chi connectivity index (χ4n) is 2.11. The van der Waals surface area contributed by atoms with Gasteiger partial charge in [-0.25, -0.2) is 4.68 Å². The summed E-state index contributed by atoms with van der Waals surface area (Å²) in [7, 11) is 0. The van der Waals surface area contributed by atoms with E-state index in [1.54, 1.807) is 6.20 Å². The summed E-state index contributed by atoms with van der Waals surface area (Å²) in [6.45, 7) is -0.246. The molecule has 6 nitrogen and oxygen atoms in total. The molecule has 0 spiro atoms. The Kier molecular flexibility index (Phi) is 3.42. The third-order valence-corrected chi connectivity index (χ3v) is 2.97. The average Bonchev–Trinajstić information content (AvgIpc) is 2.92. The first kappa shape index (κ1) is 13.0. The Morgan fingerprint density at radius 1 is 1.10 bits per heavy atom. The minimum Gasteiger partial charge on any atom is -0.480 e. The van der Waals surface area contributed by atoms with E-state index in [2.05, 4.69) is 15.3 Å². The monoisotopic (exact) mass is 280 g/mol. The number of hydrogen-bond acceptors (Lipinski definition) is 4. The highest BCUT2D eigenvalue weighted by molar-refractivity contribution is 5.77. The van der Waals surface area contributed by atoms with Crippen LogP contribution in [-0.4, -0.2) is 31.1 Å². The Morgan fingerprint density at radius 3 is 2.52 bits per heavy atom. The molecule has 6 heteroatoms. The second-order valence-electron chi connectivity index (χ2n) is 4.42. The number of rotatable bonds is 4. The van der Waals surface area contributed by atoms with Gasteiger partial charge in [0.15, 0.2) is 0 Å². The number of carboxylic acids is 1. The number of aromatic nitrogens is 4. The normalized spacial score (nSPS) is 10.5. The van der Waals surface area contributed by atoms with Gasteiger partial charge in [0.2, 0.25) is 0 Å². The summed E-state index contributed by atoms with van der Waals surface area (Å²) < 4.78 is 1.38. The van der Waals surface area contributed by atoms with Crippen LogP contribution in [0, 0.1) is 0 Å². The summed E-state index contributed by atoms with van der Waals surface area (Å²) in [4.78, 5) is 15.3. The molecule has 0 saturated heterocycles. The molecule has 0 atom stereocenters. The molecule has 0 fully saturated rings. The van der Waals surface area contributed by atoms with Crippen molar-refractivity contribution in [1.29, 1.82) is 0 Å². The molecule has 0 saturated carbocycles. The standard InChI is InChI=1S/C15H12N4O2/c20-13(21)10-19-15(11-6-2-1-3-7-11)14(17-18-19)12-8-4-5-9-16-12/h1-9H,10H2,(H,20,21). The molecule has 104 valence electrons. The second kappa shape index (κ2) is 5.54. The fourth-order valence-corrected chi connectivity index (χ4v) is 2.11. The summed E-state index contributed by atoms with van der Waals surface area (Å²) in [6, 6.07) is 14.9. The van der Waals surface area contributed by atoms with Crippen LogP contribution >= 0.6 is 0 Å². The molecule has 0 aliphatic heterocycles. The summed E-state index contributed by atoms with van der Waals surface area (Å²) in [6.07, 6.45) is 1.67. The quantitative estimate of drug-likeness (QED) is 0.791. The van der Waals surface area contributed by atoms with E-state index in [-0.39, 0.29) is 6.54 Å². The topological polar surface area (TPSA) is 80.9 Å². The lowest BCUT2D eigenvalue weighted by molar-refractivity contribution is -0.137. The molecule has 0 aliphatic rings. The van der Waals surface area contributed by atoms with Crippen LogP contribution < -0.4 is 0 Å². The van der Waals surface area contributed by atoms with Gasteiger partial charge in [0.1, 0.15) is 12.2 Å². The van der Waals surface area contributed by atoms with Crippen molar-refractivity contribution < 1.29 is 9.90 Å². The lowest BCUT2D eigenvalue weighted by Gasteiger charge is -2.06. The first-order chi connectivity index (χ1) is 10.3. The molecule has 0 amide bonds. The Bertz CT molecular complexity index is 754. The highest BCUT2D eigenvalue weighted by atomic mass is 16.4. The van der Waals surface area contributed by atoms with Gasteiger partial charge in [0, 0.05) is 11.8 Å². The van der Waals surface area contributed by atoms with E-state index in [9.17, 15) is 4.79 Å². The molecule has 1 aromatic carbocycles. The first-order valence-electron chi connectivity index (χ1n) is 6.38. The Morgan fingerprint density at radius 2 is 1.86 bits per heavy atom. The molecule has 0 bridgehead atoms. The Balaban J connectivity index is 2.18. The maximum absolute atomic E-state index is 11.0. The van der Waals surface area contributed by atoms with E-state index < -0.39 is 5.97 Å². The minimum atomic E-state index is -0.968. The van der Waals surface area contributed by atoms with Crippen LogP contribution in [0.5, 0.6) is 0 Å². The predicted molar refractivity (Wildman–Crippen MR) is 76.3 cm³/mol. The van der Waals surface area contributed by atoms with Crippen LogP contribution in [0.3, 0.4) is 0 Å². The van der Waals surface area contributed by atoms with Crippen molar-refractivity contribution in [3.05, 3.63) is 54.7 Å². The van der Waals surface area contributed by atoms with Crippen molar-refractivity contribution in [2.75, 3.05) is 0 Å². The van der Waals surface area contributed by atoms with Gasteiger partial charge in [0.25, 0.3) is 0 Å². The summed E-state index contributed by atoms with van der Waals surface area (Å²) >= 11 is 0. The zero-order valence-corrected chi connectivity index (χ0v) is 11.0. The van der Waals surface area contributed by atoms with Crippen molar-refractivity contribution in [1.82, 2.24) is 20.0 Å². The van der Waals surface area contributed by atoms with Gasteiger partial charge < -0.3 is 5.11 Å². The van der Waals surface area contributed by atoms with Gasteiger partial charge in [-0.2, -0.15) is 0 Å². The highest BCUT2D eigenvalue weighted by Gasteiger charge is 2.18. The second-order valence-corrected chi connectivity index (χ2v) is 4.42. The molecule has 3 aromatic rings. The minimum absolute atomic E-state index is 0.246. The van der Waals surface area contributed by atoms with Crippen molar-refractivity contribution in [2.24, 2.45) is 0 Å². The zero-order valence-electron chi connectivity index (χ0n) is 11.0. The third kappa shape index (κ3) is 2.64. The van der Waals surface area contributed by atoms with Crippen LogP contribution in [0.15, 0.2) is 54.7 Å². The largest absolute Gasteiger partial charge is 0.480 e. The SMILES string of the molecule is O=C(O)Cn1nnc(-c2ccccn2)c1-c1ccccc1. The number of benzene rings is 1. The van der Waals surface area contributed by atoms with Gasteiger partial charge in [0.05, 0.1) is 11.4 Å². The third-order valence-electron chi connectivity index (χ3n) is 2.97. The van der Waals surface area contributed by atoms with E-state index in [4.69, 9.17) is 5.11 Å². The lowest BCUT2D eigenvalue weighted by atomic mass is 10.1. The van der Waals surface area contributed by atoms with Crippen LogP contribution in [0.2, 0.25) is 0 Å². The van der Waals surface area contributed by atoms with Crippen LogP contribution in [0.1, 0.15) is 0 Å². The zero-order chi connectivity index (χ0) is 14.7. The van der Waals surface area contributed by atoms with Gasteiger partial charge in [-0.3, -0.25) is 9.78 Å². The molecule has 0 radical (unpaired) electrons. The van der Waals surface area contributed by atoms with E-state index in [1.807, 2.05) is 48.5 Å². The Labute approximate surface area is 120 Å². The van der Waals surface area contributed by atoms with Gasteiger partial charge in [-0.15, -0.1) is 5.10 Å². The fraction of sp³-hybridized carbons (Fsp3) is 0.0667. The molecular formula is C15H12N4O2. The van der Waals surface area contributed by atoms with Crippen LogP contribution in [0.4, 0.5) is 0 Å². The van der Waals surface area contributed by atoms with Crippen molar-refractivity contribution >= 4 is 5.97 Å². The molecule has 3 rings (SSSR count). The maximum Gasteiger partial charge on any atom is 0.325 e. The average molecular weight is 280 g/mol. The number of aliphatic carboxylic acids is 1. The van der Waals surface area contributed by atoms with Gasteiger partial charge >= 0.3 is 5.97 Å². The first-order valence-corrected chi connectivity index (χ1v) is 6.38. The molecule has 0 aliphatic carbocycles. The Hall–Kier alpha value is -3.02. The number of carbonyl (C=O) groups is 1. The van der Waals surface area contributed by atoms with Crippen molar-refractivity contribution in [3.63, 3.8) is 0 Å². The highest BCUT2D eigenvalue weighted by Crippen LogP contribution is 2.28. The van der Waals surface area contributed by atoms with Crippen molar-refractivity contribution in [2.45, 2.75) is 6.54 Å². The van der Waals surface area contributed by atoms with Gasteiger partial charge in [-0.05, 0) is 12.1 Å². The van der Waals surface area contributed by atoms with E-state index in [0.29, 0.717) is 17.1 Å². The number of nitrogens with zero attached hydrogens (tertiary/aromatic N) is 4. The predicted octanol–water partition coefficient (Wildman–Crippen LogP) is 2.09. The van der Waals surface area contributed by atoms with E-state index in [0.717, 1.165) is 5.56 Å². The lowest BCUT2D eigenvalue weighted by Crippen LogP contribution is -2.11. The molecule has 1 N–H and O–H groups in total. The van der Waals surface area contributed by atoms with Crippen LogP contribution in [-0.2, 0) is 11.3 Å². The molecule has 2 aromatic heterocycles. The summed E-state index contributed by atoms with van der Waals surface area (Å²) in [5.41, 5.74) is 2.73. The van der Waals surface area contributed by atoms with E-state index in [1.165, 1.54) is 4.68 Å². The summed E-state index contributed by atoms with van der Waals surface area (Å²) in [5.74, 6) is -0.968. The number of hydrogen-bond donors (Lipinski definition) is 1. The smallest absolute Gasteiger partial charge is 0.325 e. The molecule has 0 unspecified atom stereocenters. The van der Waals surface area contributed by atoms with Gasteiger partial charge in [-0.1, -0.05) is 41.6 Å². The van der Waals surface area contributed by atoms with E-state index >= 15 is 0 Å². The summed E-state index contributed by atoms with van der Waals surface area (Å²) in [5, 5.41) is 17.1. The van der Waals surface area contributed by atoms with Crippen molar-refractivity contribution in [3.8, 4) is 22.6 Å².